The highest BCUT2D eigenvalue weighted by molar-refractivity contribution is 6.32. The lowest BCUT2D eigenvalue weighted by Crippen LogP contribution is -2.47. The molecule has 2 rings (SSSR count). The highest BCUT2D eigenvalue weighted by Crippen LogP contribution is 2.38. The summed E-state index contributed by atoms with van der Waals surface area (Å²) in [6.45, 7) is 8.89. The van der Waals surface area contributed by atoms with Crippen LogP contribution in [0.25, 0.3) is 6.08 Å². The number of amides is 2. The fourth-order valence-corrected chi connectivity index (χ4v) is 2.75. The summed E-state index contributed by atoms with van der Waals surface area (Å²) in [5.41, 5.74) is 0.389. The van der Waals surface area contributed by atoms with E-state index in [0.29, 0.717) is 36.3 Å². The molecule has 2 amide bonds. The number of likely N-dealkylation sites (N-methyl/N-ethyl adjacent to an activating group) is 1. The van der Waals surface area contributed by atoms with Crippen LogP contribution in [-0.4, -0.2) is 48.6 Å². The third-order valence-electron chi connectivity index (χ3n) is 3.58. The fraction of sp³-hybridized carbons (Fsp3) is 0.474. The van der Waals surface area contributed by atoms with E-state index in [2.05, 4.69) is 5.32 Å². The van der Waals surface area contributed by atoms with E-state index < -0.39 is 0 Å². The van der Waals surface area contributed by atoms with Crippen LogP contribution in [0.3, 0.4) is 0 Å². The van der Waals surface area contributed by atoms with Crippen LogP contribution in [0, 0.1) is 0 Å². The van der Waals surface area contributed by atoms with Crippen LogP contribution in [0.2, 0.25) is 5.02 Å². The molecule has 1 aromatic rings. The first-order chi connectivity index (χ1) is 12.2. The van der Waals surface area contributed by atoms with Gasteiger partial charge in [0, 0.05) is 18.2 Å². The number of carbonyl (C=O) groups is 2. The van der Waals surface area contributed by atoms with Crippen molar-refractivity contribution in [2.45, 2.75) is 33.2 Å². The van der Waals surface area contributed by atoms with Crippen molar-refractivity contribution in [1.29, 1.82) is 0 Å². The predicted molar refractivity (Wildman–Crippen MR) is 102 cm³/mol. The molecule has 1 aromatic carbocycles. The molecule has 1 heterocycles. The van der Waals surface area contributed by atoms with Gasteiger partial charge in [0.25, 0.3) is 0 Å². The van der Waals surface area contributed by atoms with E-state index in [9.17, 15) is 9.59 Å². The molecule has 26 heavy (non-hydrogen) atoms. The minimum Gasteiger partial charge on any atom is -0.486 e. The normalized spacial score (nSPS) is 13.6. The lowest BCUT2D eigenvalue weighted by Gasteiger charge is -2.24. The van der Waals surface area contributed by atoms with Gasteiger partial charge in [-0.25, -0.2) is 0 Å². The molecule has 0 aliphatic carbocycles. The fourth-order valence-electron chi connectivity index (χ4n) is 2.48. The van der Waals surface area contributed by atoms with Crippen molar-refractivity contribution in [3.8, 4) is 11.5 Å². The number of halogens is 1. The van der Waals surface area contributed by atoms with Gasteiger partial charge in [-0.05, 0) is 51.5 Å². The van der Waals surface area contributed by atoms with Crippen molar-refractivity contribution in [1.82, 2.24) is 10.2 Å². The van der Waals surface area contributed by atoms with E-state index >= 15 is 0 Å². The van der Waals surface area contributed by atoms with E-state index in [0.717, 1.165) is 5.56 Å². The SMILES string of the molecule is CCN(CC(=O)NC(C)(C)C)C(=O)/C=C/c1cc(Cl)c2c(c1)OCCO2. The molecule has 0 fully saturated rings. The van der Waals surface area contributed by atoms with Gasteiger partial charge >= 0.3 is 0 Å². The van der Waals surface area contributed by atoms with Crippen molar-refractivity contribution in [3.05, 3.63) is 28.8 Å². The molecule has 1 aliphatic rings. The standard InChI is InChI=1S/C19H25ClN2O4/c1-5-22(12-16(23)21-19(2,3)4)17(24)7-6-13-10-14(20)18-15(11-13)25-8-9-26-18/h6-7,10-11H,5,8-9,12H2,1-4H3,(H,21,23)/b7-6+. The summed E-state index contributed by atoms with van der Waals surface area (Å²) < 4.78 is 11.0. The Bertz CT molecular complexity index is 710. The maximum absolute atomic E-state index is 12.4. The van der Waals surface area contributed by atoms with Crippen LogP contribution in [0.5, 0.6) is 11.5 Å². The van der Waals surface area contributed by atoms with Crippen molar-refractivity contribution in [3.63, 3.8) is 0 Å². The third kappa shape index (κ3) is 5.66. The molecular formula is C19H25ClN2O4. The lowest BCUT2D eigenvalue weighted by atomic mass is 10.1. The molecule has 0 atom stereocenters. The Balaban J connectivity index is 2.05. The maximum atomic E-state index is 12.4. The first-order valence-corrected chi connectivity index (χ1v) is 8.94. The number of nitrogens with zero attached hydrogens (tertiary/aromatic N) is 1. The number of hydrogen-bond acceptors (Lipinski definition) is 4. The zero-order valence-electron chi connectivity index (χ0n) is 15.6. The Morgan fingerprint density at radius 2 is 1.96 bits per heavy atom. The third-order valence-corrected chi connectivity index (χ3v) is 3.86. The van der Waals surface area contributed by atoms with Crippen LogP contribution in [0.15, 0.2) is 18.2 Å². The van der Waals surface area contributed by atoms with Gasteiger partial charge in [-0.3, -0.25) is 9.59 Å². The van der Waals surface area contributed by atoms with Crippen LogP contribution in [-0.2, 0) is 9.59 Å². The predicted octanol–water partition coefficient (Wildman–Crippen LogP) is 2.89. The summed E-state index contributed by atoms with van der Waals surface area (Å²) in [6.07, 6.45) is 3.08. The lowest BCUT2D eigenvalue weighted by molar-refractivity contribution is -0.132. The topological polar surface area (TPSA) is 67.9 Å². The number of carbonyl (C=O) groups excluding carboxylic acids is 2. The molecule has 0 radical (unpaired) electrons. The van der Waals surface area contributed by atoms with Crippen molar-refractivity contribution in [2.75, 3.05) is 26.3 Å². The molecule has 0 saturated heterocycles. The number of ether oxygens (including phenoxy) is 2. The van der Waals surface area contributed by atoms with Gasteiger partial charge in [0.15, 0.2) is 11.5 Å². The van der Waals surface area contributed by atoms with Gasteiger partial charge in [0.1, 0.15) is 13.2 Å². The smallest absolute Gasteiger partial charge is 0.247 e. The molecular weight excluding hydrogens is 356 g/mol. The highest BCUT2D eigenvalue weighted by Gasteiger charge is 2.19. The summed E-state index contributed by atoms with van der Waals surface area (Å²) in [7, 11) is 0. The summed E-state index contributed by atoms with van der Waals surface area (Å²) in [6, 6.07) is 3.48. The number of nitrogens with one attached hydrogen (secondary N) is 1. The summed E-state index contributed by atoms with van der Waals surface area (Å²) in [5.74, 6) is 0.647. The second kappa shape index (κ2) is 8.45. The summed E-state index contributed by atoms with van der Waals surface area (Å²) in [5, 5.41) is 3.29. The first kappa shape index (κ1) is 20.1. The Morgan fingerprint density at radius 3 is 2.62 bits per heavy atom. The van der Waals surface area contributed by atoms with Gasteiger partial charge < -0.3 is 19.7 Å². The van der Waals surface area contributed by atoms with E-state index in [4.69, 9.17) is 21.1 Å². The average Bonchev–Trinajstić information content (AvgIpc) is 2.56. The van der Waals surface area contributed by atoms with Crippen LogP contribution < -0.4 is 14.8 Å². The second-order valence-corrected chi connectivity index (χ2v) is 7.42. The van der Waals surface area contributed by atoms with Gasteiger partial charge in [-0.1, -0.05) is 11.6 Å². The van der Waals surface area contributed by atoms with Crippen LogP contribution in [0.4, 0.5) is 0 Å². The molecule has 1 N–H and O–H groups in total. The minimum absolute atomic E-state index is 0.0127. The Kier molecular flexibility index (Phi) is 6.53. The average molecular weight is 381 g/mol. The van der Waals surface area contributed by atoms with Gasteiger partial charge in [-0.15, -0.1) is 0 Å². The van der Waals surface area contributed by atoms with Crippen molar-refractivity contribution in [2.24, 2.45) is 0 Å². The maximum Gasteiger partial charge on any atom is 0.247 e. The monoisotopic (exact) mass is 380 g/mol. The van der Waals surface area contributed by atoms with Gasteiger partial charge in [-0.2, -0.15) is 0 Å². The summed E-state index contributed by atoms with van der Waals surface area (Å²) in [4.78, 5) is 25.9. The second-order valence-electron chi connectivity index (χ2n) is 7.01. The van der Waals surface area contributed by atoms with E-state index in [-0.39, 0.29) is 23.9 Å². The zero-order chi connectivity index (χ0) is 19.3. The van der Waals surface area contributed by atoms with Gasteiger partial charge in [0.05, 0.1) is 11.6 Å². The molecule has 142 valence electrons. The molecule has 7 heteroatoms. The van der Waals surface area contributed by atoms with E-state index in [1.807, 2.05) is 27.7 Å². The Hall–Kier alpha value is -2.21. The minimum atomic E-state index is -0.336. The van der Waals surface area contributed by atoms with Gasteiger partial charge in [0.2, 0.25) is 11.8 Å². The summed E-state index contributed by atoms with van der Waals surface area (Å²) >= 11 is 6.20. The molecule has 0 aromatic heterocycles. The van der Waals surface area contributed by atoms with E-state index in [1.54, 1.807) is 18.2 Å². The number of hydrogen-bond donors (Lipinski definition) is 1. The molecule has 0 bridgehead atoms. The number of rotatable bonds is 5. The zero-order valence-corrected chi connectivity index (χ0v) is 16.4. The van der Waals surface area contributed by atoms with Crippen LogP contribution in [0.1, 0.15) is 33.3 Å². The molecule has 0 saturated carbocycles. The van der Waals surface area contributed by atoms with Crippen molar-refractivity contribution >= 4 is 29.5 Å². The van der Waals surface area contributed by atoms with Crippen molar-refractivity contribution < 1.29 is 19.1 Å². The van der Waals surface area contributed by atoms with E-state index in [1.165, 1.54) is 11.0 Å². The molecule has 6 nitrogen and oxygen atoms in total. The number of fused-ring (bicyclic) bond motifs is 1. The largest absolute Gasteiger partial charge is 0.486 e. The molecule has 0 spiro atoms. The first-order valence-electron chi connectivity index (χ1n) is 8.56. The highest BCUT2D eigenvalue weighted by atomic mass is 35.5. The number of benzene rings is 1. The molecule has 0 unspecified atom stereocenters. The van der Waals surface area contributed by atoms with Crippen LogP contribution >= 0.6 is 11.6 Å². The Morgan fingerprint density at radius 1 is 1.27 bits per heavy atom. The quantitative estimate of drug-likeness (QED) is 0.797. The Labute approximate surface area is 159 Å². The molecule has 1 aliphatic heterocycles.